The number of hydrogen-bond acceptors (Lipinski definition) is 3. The molecule has 0 bridgehead atoms. The van der Waals surface area contributed by atoms with Gasteiger partial charge in [-0.15, -0.1) is 0 Å². The van der Waals surface area contributed by atoms with Crippen molar-refractivity contribution < 1.29 is 4.74 Å². The molecule has 116 valence electrons. The van der Waals surface area contributed by atoms with Crippen molar-refractivity contribution in [3.63, 3.8) is 0 Å². The largest absolute Gasteiger partial charge is 0.494 e. The Morgan fingerprint density at radius 3 is 2.67 bits per heavy atom. The second-order valence-electron chi connectivity index (χ2n) is 5.95. The molecule has 1 heterocycles. The molecule has 1 unspecified atom stereocenters. The lowest BCUT2D eigenvalue weighted by Crippen LogP contribution is -2.18. The molecule has 0 aliphatic carbocycles. The summed E-state index contributed by atoms with van der Waals surface area (Å²) in [6.07, 6.45) is 2.02. The molecule has 0 saturated carbocycles. The van der Waals surface area contributed by atoms with E-state index in [1.165, 1.54) is 0 Å². The van der Waals surface area contributed by atoms with Gasteiger partial charge in [-0.1, -0.05) is 27.2 Å². The van der Waals surface area contributed by atoms with E-state index < -0.39 is 0 Å². The number of ether oxygens (including phenoxy) is 1. The number of fused-ring (bicyclic) bond motifs is 1. The fraction of sp³-hybridized carbons (Fsp3) is 0.588. The third kappa shape index (κ3) is 3.56. The van der Waals surface area contributed by atoms with E-state index in [1.807, 2.05) is 19.1 Å². The van der Waals surface area contributed by atoms with E-state index in [9.17, 15) is 0 Å². The van der Waals surface area contributed by atoms with Crippen LogP contribution in [0.5, 0.6) is 5.75 Å². The summed E-state index contributed by atoms with van der Waals surface area (Å²) < 4.78 is 7.85. The van der Waals surface area contributed by atoms with Crippen molar-refractivity contribution >= 4 is 11.0 Å². The molecule has 0 aliphatic heterocycles. The predicted octanol–water partition coefficient (Wildman–Crippen LogP) is 3.89. The Labute approximate surface area is 127 Å². The summed E-state index contributed by atoms with van der Waals surface area (Å²) in [4.78, 5) is 4.79. The second kappa shape index (κ2) is 6.94. The van der Waals surface area contributed by atoms with Crippen LogP contribution in [0.15, 0.2) is 18.2 Å². The van der Waals surface area contributed by atoms with Crippen LogP contribution >= 0.6 is 0 Å². The van der Waals surface area contributed by atoms with Gasteiger partial charge in [-0.25, -0.2) is 4.98 Å². The summed E-state index contributed by atoms with van der Waals surface area (Å²) in [5.74, 6) is 2.42. The Bertz CT molecular complexity index is 589. The Kier molecular flexibility index (Phi) is 5.23. The SMILES string of the molecule is CCCC(N)c1nc2cc(OCC)ccc2n1CC(C)C. The van der Waals surface area contributed by atoms with Gasteiger partial charge in [0.2, 0.25) is 0 Å². The van der Waals surface area contributed by atoms with E-state index >= 15 is 0 Å². The van der Waals surface area contributed by atoms with Crippen molar-refractivity contribution in [2.45, 2.75) is 53.1 Å². The van der Waals surface area contributed by atoms with Crippen LogP contribution in [0.4, 0.5) is 0 Å². The Hall–Kier alpha value is -1.55. The number of aromatic nitrogens is 2. The average Bonchev–Trinajstić information content (AvgIpc) is 2.77. The minimum atomic E-state index is -0.00306. The molecule has 1 atom stereocenters. The topological polar surface area (TPSA) is 53.1 Å². The number of benzene rings is 1. The van der Waals surface area contributed by atoms with Gasteiger partial charge in [-0.3, -0.25) is 0 Å². The molecule has 2 aromatic rings. The fourth-order valence-corrected chi connectivity index (χ4v) is 2.66. The molecule has 0 spiro atoms. The Balaban J connectivity index is 2.49. The molecule has 0 radical (unpaired) electrons. The van der Waals surface area contributed by atoms with Crippen molar-refractivity contribution in [3.05, 3.63) is 24.0 Å². The van der Waals surface area contributed by atoms with Gasteiger partial charge < -0.3 is 15.0 Å². The maximum Gasteiger partial charge on any atom is 0.126 e. The van der Waals surface area contributed by atoms with Gasteiger partial charge in [-0.2, -0.15) is 0 Å². The van der Waals surface area contributed by atoms with Crippen molar-refractivity contribution in [3.8, 4) is 5.75 Å². The lowest BCUT2D eigenvalue weighted by Gasteiger charge is -2.15. The van der Waals surface area contributed by atoms with E-state index in [0.29, 0.717) is 12.5 Å². The third-order valence-electron chi connectivity index (χ3n) is 3.54. The van der Waals surface area contributed by atoms with Gasteiger partial charge in [0.1, 0.15) is 11.6 Å². The molecule has 2 rings (SSSR count). The molecule has 4 heteroatoms. The molecule has 1 aromatic carbocycles. The first-order valence-electron chi connectivity index (χ1n) is 7.95. The van der Waals surface area contributed by atoms with Crippen molar-refractivity contribution in [2.75, 3.05) is 6.61 Å². The molecular weight excluding hydrogens is 262 g/mol. The van der Waals surface area contributed by atoms with Crippen LogP contribution in [0.3, 0.4) is 0 Å². The first-order valence-corrected chi connectivity index (χ1v) is 7.95. The summed E-state index contributed by atoms with van der Waals surface area (Å²) in [6.45, 7) is 10.2. The molecule has 0 saturated heterocycles. The monoisotopic (exact) mass is 289 g/mol. The highest BCUT2D eigenvalue weighted by molar-refractivity contribution is 5.78. The molecule has 4 nitrogen and oxygen atoms in total. The van der Waals surface area contributed by atoms with Crippen LogP contribution in [0, 0.1) is 5.92 Å². The molecule has 0 fully saturated rings. The zero-order valence-corrected chi connectivity index (χ0v) is 13.6. The molecule has 2 N–H and O–H groups in total. The van der Waals surface area contributed by atoms with Crippen LogP contribution < -0.4 is 10.5 Å². The molecular formula is C17H27N3O. The zero-order valence-electron chi connectivity index (χ0n) is 13.6. The molecule has 21 heavy (non-hydrogen) atoms. The summed E-state index contributed by atoms with van der Waals surface area (Å²) >= 11 is 0. The maximum atomic E-state index is 6.33. The Morgan fingerprint density at radius 2 is 2.05 bits per heavy atom. The van der Waals surface area contributed by atoms with Gasteiger partial charge >= 0.3 is 0 Å². The van der Waals surface area contributed by atoms with Crippen LogP contribution in [0.2, 0.25) is 0 Å². The van der Waals surface area contributed by atoms with E-state index in [0.717, 1.165) is 42.0 Å². The smallest absolute Gasteiger partial charge is 0.126 e. The highest BCUT2D eigenvalue weighted by atomic mass is 16.5. The van der Waals surface area contributed by atoms with E-state index in [-0.39, 0.29) is 6.04 Å². The van der Waals surface area contributed by atoms with Crippen molar-refractivity contribution in [1.29, 1.82) is 0 Å². The third-order valence-corrected chi connectivity index (χ3v) is 3.54. The summed E-state index contributed by atoms with van der Waals surface area (Å²) in [5.41, 5.74) is 8.45. The summed E-state index contributed by atoms with van der Waals surface area (Å²) in [5, 5.41) is 0. The standard InChI is InChI=1S/C17H27N3O/c1-5-7-14(18)17-19-15-10-13(21-6-2)8-9-16(15)20(17)11-12(3)4/h8-10,12,14H,5-7,11,18H2,1-4H3. The Morgan fingerprint density at radius 1 is 1.29 bits per heavy atom. The van der Waals surface area contributed by atoms with Crippen LogP contribution in [-0.2, 0) is 6.54 Å². The van der Waals surface area contributed by atoms with Gasteiger partial charge in [0.25, 0.3) is 0 Å². The second-order valence-corrected chi connectivity index (χ2v) is 5.95. The first kappa shape index (κ1) is 15.8. The van der Waals surface area contributed by atoms with Gasteiger partial charge in [0.05, 0.1) is 23.7 Å². The maximum absolute atomic E-state index is 6.33. The minimum Gasteiger partial charge on any atom is -0.494 e. The number of hydrogen-bond donors (Lipinski definition) is 1. The number of nitrogens with two attached hydrogens (primary N) is 1. The van der Waals surface area contributed by atoms with Crippen LogP contribution in [-0.4, -0.2) is 16.2 Å². The van der Waals surface area contributed by atoms with Gasteiger partial charge in [-0.05, 0) is 31.4 Å². The number of imidazole rings is 1. The fourth-order valence-electron chi connectivity index (χ4n) is 2.66. The molecule has 0 amide bonds. The number of nitrogens with zero attached hydrogens (tertiary/aromatic N) is 2. The van der Waals surface area contributed by atoms with Crippen LogP contribution in [0.25, 0.3) is 11.0 Å². The highest BCUT2D eigenvalue weighted by Crippen LogP contribution is 2.26. The van der Waals surface area contributed by atoms with Gasteiger partial charge in [0, 0.05) is 12.6 Å². The lowest BCUT2D eigenvalue weighted by molar-refractivity contribution is 0.340. The molecule has 1 aromatic heterocycles. The van der Waals surface area contributed by atoms with Crippen LogP contribution in [0.1, 0.15) is 52.4 Å². The summed E-state index contributed by atoms with van der Waals surface area (Å²) in [7, 11) is 0. The quantitative estimate of drug-likeness (QED) is 0.841. The van der Waals surface area contributed by atoms with E-state index in [4.69, 9.17) is 15.5 Å². The predicted molar refractivity (Wildman–Crippen MR) is 87.6 cm³/mol. The normalized spacial score (nSPS) is 13.0. The number of rotatable bonds is 7. The van der Waals surface area contributed by atoms with Gasteiger partial charge in [0.15, 0.2) is 0 Å². The summed E-state index contributed by atoms with van der Waals surface area (Å²) in [6, 6.07) is 6.12. The van der Waals surface area contributed by atoms with Crippen molar-refractivity contribution in [2.24, 2.45) is 11.7 Å². The highest BCUT2D eigenvalue weighted by Gasteiger charge is 2.17. The van der Waals surface area contributed by atoms with E-state index in [2.05, 4.69) is 31.4 Å². The minimum absolute atomic E-state index is 0.00306. The molecule has 0 aliphatic rings. The van der Waals surface area contributed by atoms with E-state index in [1.54, 1.807) is 0 Å². The van der Waals surface area contributed by atoms with Crippen molar-refractivity contribution in [1.82, 2.24) is 9.55 Å². The first-order chi connectivity index (χ1) is 10.1. The zero-order chi connectivity index (χ0) is 15.4. The average molecular weight is 289 g/mol. The lowest BCUT2D eigenvalue weighted by atomic mass is 10.1.